The number of rotatable bonds is 8. The number of methoxy groups -OCH3 is 1. The Bertz CT molecular complexity index is 1160. The molecule has 2 heterocycles. The van der Waals surface area contributed by atoms with Crippen molar-refractivity contribution in [3.05, 3.63) is 66.4 Å². The molecule has 4 rings (SSSR count). The molecule has 0 amide bonds. The van der Waals surface area contributed by atoms with Crippen LogP contribution in [0.1, 0.15) is 12.5 Å². The van der Waals surface area contributed by atoms with E-state index in [0.717, 1.165) is 47.0 Å². The van der Waals surface area contributed by atoms with Gasteiger partial charge in [-0.15, -0.1) is 0 Å². The number of benzene rings is 2. The van der Waals surface area contributed by atoms with Crippen LogP contribution in [0.25, 0.3) is 17.2 Å². The summed E-state index contributed by atoms with van der Waals surface area (Å²) < 4.78 is 15.8. The molecule has 1 N–H and O–H groups in total. The lowest BCUT2D eigenvalue weighted by Crippen LogP contribution is -2.37. The first-order valence-corrected chi connectivity index (χ1v) is 11.2. The maximum atomic E-state index is 11.7. The molecule has 1 fully saturated rings. The van der Waals surface area contributed by atoms with Crippen LogP contribution in [0.3, 0.4) is 0 Å². The topological polar surface area (TPSA) is 85.8 Å². The van der Waals surface area contributed by atoms with Gasteiger partial charge in [-0.2, -0.15) is 4.98 Å². The molecule has 0 saturated carbocycles. The predicted octanol–water partition coefficient (Wildman–Crippen LogP) is 4.31. The highest BCUT2D eigenvalue weighted by molar-refractivity contribution is 5.87. The van der Waals surface area contributed by atoms with Crippen LogP contribution < -0.4 is 15.0 Å². The Morgan fingerprint density at radius 2 is 2.00 bits per heavy atom. The van der Waals surface area contributed by atoms with Crippen molar-refractivity contribution in [2.24, 2.45) is 0 Å². The molecular formula is C26H28N4O4. The molecule has 0 aliphatic carbocycles. The van der Waals surface area contributed by atoms with Gasteiger partial charge in [0.15, 0.2) is 0 Å². The van der Waals surface area contributed by atoms with Gasteiger partial charge in [-0.3, -0.25) is 0 Å². The first-order valence-electron chi connectivity index (χ1n) is 11.2. The number of hydrogen-bond donors (Lipinski definition) is 1. The predicted molar refractivity (Wildman–Crippen MR) is 132 cm³/mol. The molecule has 8 heteroatoms. The van der Waals surface area contributed by atoms with E-state index in [0.29, 0.717) is 25.8 Å². The molecule has 1 aliphatic rings. The Hall–Kier alpha value is -3.91. The summed E-state index contributed by atoms with van der Waals surface area (Å²) in [5.41, 5.74) is 3.59. The van der Waals surface area contributed by atoms with Gasteiger partial charge in [0.2, 0.25) is 5.95 Å². The van der Waals surface area contributed by atoms with Gasteiger partial charge in [0.1, 0.15) is 11.6 Å². The zero-order valence-corrected chi connectivity index (χ0v) is 19.4. The SMILES string of the molecule is CCOC(=O)/C=C/c1cccc(-c2cnc(Nc3cccc(OC)c3)nc2N2CCOCC2)c1. The van der Waals surface area contributed by atoms with Crippen molar-refractivity contribution in [2.75, 3.05) is 50.2 Å². The van der Waals surface area contributed by atoms with Gasteiger partial charge in [-0.25, -0.2) is 9.78 Å². The third-order valence-corrected chi connectivity index (χ3v) is 5.30. The van der Waals surface area contributed by atoms with Crippen LogP contribution in [0, 0.1) is 0 Å². The van der Waals surface area contributed by atoms with Crippen LogP contribution in [0.15, 0.2) is 60.8 Å². The van der Waals surface area contributed by atoms with Gasteiger partial charge >= 0.3 is 5.97 Å². The Kier molecular flexibility index (Phi) is 7.72. The lowest BCUT2D eigenvalue weighted by Gasteiger charge is -2.29. The summed E-state index contributed by atoms with van der Waals surface area (Å²) in [7, 11) is 1.64. The van der Waals surface area contributed by atoms with E-state index >= 15 is 0 Å². The van der Waals surface area contributed by atoms with Crippen molar-refractivity contribution < 1.29 is 19.0 Å². The second-order valence-electron chi connectivity index (χ2n) is 7.60. The molecule has 8 nitrogen and oxygen atoms in total. The van der Waals surface area contributed by atoms with Crippen LogP contribution in [-0.4, -0.2) is 56.0 Å². The average Bonchev–Trinajstić information content (AvgIpc) is 2.88. The smallest absolute Gasteiger partial charge is 0.330 e. The van der Waals surface area contributed by atoms with Crippen molar-refractivity contribution in [1.29, 1.82) is 0 Å². The lowest BCUT2D eigenvalue weighted by atomic mass is 10.0. The van der Waals surface area contributed by atoms with Crippen LogP contribution >= 0.6 is 0 Å². The van der Waals surface area contributed by atoms with Crippen molar-refractivity contribution in [3.63, 3.8) is 0 Å². The van der Waals surface area contributed by atoms with E-state index in [1.54, 1.807) is 20.1 Å². The highest BCUT2D eigenvalue weighted by atomic mass is 16.5. The molecular weight excluding hydrogens is 432 g/mol. The molecule has 3 aromatic rings. The number of morpholine rings is 1. The van der Waals surface area contributed by atoms with Crippen LogP contribution in [0.5, 0.6) is 5.75 Å². The quantitative estimate of drug-likeness (QED) is 0.393. The number of aromatic nitrogens is 2. The van der Waals surface area contributed by atoms with Crippen LogP contribution in [0.4, 0.5) is 17.5 Å². The van der Waals surface area contributed by atoms with Gasteiger partial charge in [0.25, 0.3) is 0 Å². The number of nitrogens with one attached hydrogen (secondary N) is 1. The molecule has 1 saturated heterocycles. The van der Waals surface area contributed by atoms with Crippen molar-refractivity contribution >= 4 is 29.5 Å². The molecule has 176 valence electrons. The van der Waals surface area contributed by atoms with Gasteiger partial charge in [0, 0.05) is 42.7 Å². The monoisotopic (exact) mass is 460 g/mol. The zero-order chi connectivity index (χ0) is 23.8. The average molecular weight is 461 g/mol. The highest BCUT2D eigenvalue weighted by Crippen LogP contribution is 2.32. The largest absolute Gasteiger partial charge is 0.497 e. The summed E-state index contributed by atoms with van der Waals surface area (Å²) in [5, 5.41) is 3.27. The molecule has 34 heavy (non-hydrogen) atoms. The van der Waals surface area contributed by atoms with Crippen molar-refractivity contribution in [2.45, 2.75) is 6.92 Å². The minimum Gasteiger partial charge on any atom is -0.497 e. The number of hydrogen-bond acceptors (Lipinski definition) is 8. The fourth-order valence-corrected chi connectivity index (χ4v) is 3.65. The minimum absolute atomic E-state index is 0.347. The van der Waals surface area contributed by atoms with Crippen LogP contribution in [-0.2, 0) is 14.3 Å². The summed E-state index contributed by atoms with van der Waals surface area (Å²) in [4.78, 5) is 23.3. The van der Waals surface area contributed by atoms with E-state index in [1.165, 1.54) is 6.08 Å². The second-order valence-corrected chi connectivity index (χ2v) is 7.60. The van der Waals surface area contributed by atoms with Gasteiger partial charge in [-0.1, -0.05) is 24.3 Å². The van der Waals surface area contributed by atoms with Crippen molar-refractivity contribution in [3.8, 4) is 16.9 Å². The summed E-state index contributed by atoms with van der Waals surface area (Å²) in [6, 6.07) is 15.5. The number of anilines is 3. The number of ether oxygens (including phenoxy) is 3. The van der Waals surface area contributed by atoms with Gasteiger partial charge < -0.3 is 24.4 Å². The van der Waals surface area contributed by atoms with E-state index in [1.807, 2.05) is 54.7 Å². The van der Waals surface area contributed by atoms with Gasteiger partial charge in [0.05, 0.1) is 26.9 Å². The third kappa shape index (κ3) is 5.90. The molecule has 0 unspecified atom stereocenters. The molecule has 1 aliphatic heterocycles. The van der Waals surface area contributed by atoms with E-state index < -0.39 is 0 Å². The normalized spacial score (nSPS) is 13.6. The summed E-state index contributed by atoms with van der Waals surface area (Å²) in [5.74, 6) is 1.72. The van der Waals surface area contributed by atoms with E-state index in [2.05, 4.69) is 15.2 Å². The van der Waals surface area contributed by atoms with Crippen molar-refractivity contribution in [1.82, 2.24) is 9.97 Å². The van der Waals surface area contributed by atoms with Crippen LogP contribution in [0.2, 0.25) is 0 Å². The van der Waals surface area contributed by atoms with Gasteiger partial charge in [-0.05, 0) is 42.3 Å². The van der Waals surface area contributed by atoms with E-state index in [4.69, 9.17) is 19.2 Å². The maximum Gasteiger partial charge on any atom is 0.330 e. The van der Waals surface area contributed by atoms with E-state index in [-0.39, 0.29) is 5.97 Å². The lowest BCUT2D eigenvalue weighted by molar-refractivity contribution is -0.137. The molecule has 2 aromatic carbocycles. The second kappa shape index (κ2) is 11.3. The third-order valence-electron chi connectivity index (χ3n) is 5.30. The Labute approximate surface area is 199 Å². The summed E-state index contributed by atoms with van der Waals surface area (Å²) in [6.07, 6.45) is 5.01. The van der Waals surface area contributed by atoms with E-state index in [9.17, 15) is 4.79 Å². The molecule has 0 spiro atoms. The first kappa shape index (κ1) is 23.3. The summed E-state index contributed by atoms with van der Waals surface area (Å²) >= 11 is 0. The fraction of sp³-hybridized carbons (Fsp3) is 0.269. The number of carbonyl (C=O) groups excluding carboxylic acids is 1. The highest BCUT2D eigenvalue weighted by Gasteiger charge is 2.19. The first-order chi connectivity index (χ1) is 16.7. The molecule has 1 aromatic heterocycles. The molecule has 0 radical (unpaired) electrons. The number of nitrogens with zero attached hydrogens (tertiary/aromatic N) is 3. The standard InChI is InChI=1S/C26H28N4O4/c1-3-34-24(31)11-10-19-6-4-7-20(16-19)23-18-27-26(28-21-8-5-9-22(17-21)32-2)29-25(23)30-12-14-33-15-13-30/h4-11,16-18H,3,12-15H2,1-2H3,(H,27,28,29)/b11-10+. The zero-order valence-electron chi connectivity index (χ0n) is 19.4. The maximum absolute atomic E-state index is 11.7. The Morgan fingerprint density at radius 3 is 2.79 bits per heavy atom. The summed E-state index contributed by atoms with van der Waals surface area (Å²) in [6.45, 7) is 4.90. The number of esters is 1. The Morgan fingerprint density at radius 1 is 1.18 bits per heavy atom. The number of carbonyl (C=O) groups is 1. The molecule has 0 bridgehead atoms. The molecule has 0 atom stereocenters. The Balaban J connectivity index is 1.66. The fourth-order valence-electron chi connectivity index (χ4n) is 3.65. The minimum atomic E-state index is -0.363.